The van der Waals surface area contributed by atoms with Crippen LogP contribution in [0, 0.1) is 13.8 Å². The Balaban J connectivity index is 1.80. The lowest BCUT2D eigenvalue weighted by atomic mass is 9.99. The number of carbonyl (C=O) groups is 2. The van der Waals surface area contributed by atoms with Crippen LogP contribution in [0.2, 0.25) is 0 Å². The van der Waals surface area contributed by atoms with Crippen molar-refractivity contribution in [2.45, 2.75) is 20.4 Å². The number of methoxy groups -OCH3 is 1. The molecule has 0 unspecified atom stereocenters. The highest BCUT2D eigenvalue weighted by molar-refractivity contribution is 6.36. The number of para-hydroxylation sites is 2. The summed E-state index contributed by atoms with van der Waals surface area (Å²) in [6, 6.07) is 16.5. The number of imide groups is 1. The Morgan fingerprint density at radius 1 is 0.967 bits per heavy atom. The summed E-state index contributed by atoms with van der Waals surface area (Å²) in [6.45, 7) is 4.05. The summed E-state index contributed by atoms with van der Waals surface area (Å²) in [4.78, 5) is 27.8. The lowest BCUT2D eigenvalue weighted by molar-refractivity contribution is -0.137. The second-order valence-electron chi connectivity index (χ2n) is 7.15. The first-order chi connectivity index (χ1) is 14.5. The van der Waals surface area contributed by atoms with Gasteiger partial charge in [-0.15, -0.1) is 0 Å². The van der Waals surface area contributed by atoms with E-state index in [4.69, 9.17) is 9.15 Å². The molecule has 0 bridgehead atoms. The number of ether oxygens (including phenoxy) is 1. The van der Waals surface area contributed by atoms with Gasteiger partial charge in [-0.1, -0.05) is 30.3 Å². The van der Waals surface area contributed by atoms with E-state index >= 15 is 0 Å². The Morgan fingerprint density at radius 3 is 2.47 bits per heavy atom. The average Bonchev–Trinajstić information content (AvgIpc) is 3.34. The van der Waals surface area contributed by atoms with Crippen molar-refractivity contribution in [1.29, 1.82) is 0 Å². The van der Waals surface area contributed by atoms with Gasteiger partial charge in [0.05, 0.1) is 31.2 Å². The van der Waals surface area contributed by atoms with E-state index in [1.165, 1.54) is 11.2 Å². The molecular weight excluding hydrogens is 380 g/mol. The third-order valence-electron chi connectivity index (χ3n) is 5.22. The van der Waals surface area contributed by atoms with Crippen molar-refractivity contribution in [3.8, 4) is 5.75 Å². The first-order valence-electron chi connectivity index (χ1n) is 9.60. The number of hydrogen-bond acceptors (Lipinski definition) is 5. The molecule has 0 fully saturated rings. The fourth-order valence-corrected chi connectivity index (χ4v) is 3.44. The van der Waals surface area contributed by atoms with Crippen LogP contribution >= 0.6 is 0 Å². The number of furan rings is 1. The Labute approximate surface area is 174 Å². The van der Waals surface area contributed by atoms with E-state index < -0.39 is 5.91 Å². The molecule has 2 heterocycles. The molecule has 1 aromatic heterocycles. The van der Waals surface area contributed by atoms with E-state index in [1.54, 1.807) is 31.4 Å². The molecule has 0 radical (unpaired) electrons. The van der Waals surface area contributed by atoms with Crippen LogP contribution in [0.4, 0.5) is 5.69 Å². The van der Waals surface area contributed by atoms with Crippen LogP contribution < -0.4 is 10.1 Å². The number of benzene rings is 2. The third-order valence-corrected chi connectivity index (χ3v) is 5.22. The molecule has 0 aliphatic carbocycles. The number of carbonyl (C=O) groups excluding carboxylic acids is 2. The fourth-order valence-electron chi connectivity index (χ4n) is 3.44. The van der Waals surface area contributed by atoms with Crippen LogP contribution in [-0.2, 0) is 16.1 Å². The van der Waals surface area contributed by atoms with Crippen LogP contribution in [0.1, 0.15) is 22.5 Å². The molecule has 0 saturated carbocycles. The fraction of sp³-hybridized carbons (Fsp3) is 0.167. The predicted molar refractivity (Wildman–Crippen MR) is 114 cm³/mol. The van der Waals surface area contributed by atoms with Gasteiger partial charge in [0.1, 0.15) is 17.2 Å². The van der Waals surface area contributed by atoms with Gasteiger partial charge in [0.15, 0.2) is 0 Å². The molecule has 2 aromatic carbocycles. The molecule has 3 aromatic rings. The molecule has 4 rings (SSSR count). The Hall–Kier alpha value is -3.80. The monoisotopic (exact) mass is 402 g/mol. The van der Waals surface area contributed by atoms with E-state index in [0.717, 1.165) is 11.1 Å². The number of nitrogens with zero attached hydrogens (tertiary/aromatic N) is 1. The maximum atomic E-state index is 13.3. The Kier molecular flexibility index (Phi) is 5.14. The average molecular weight is 402 g/mol. The highest BCUT2D eigenvalue weighted by Gasteiger charge is 2.40. The van der Waals surface area contributed by atoms with Gasteiger partial charge in [-0.2, -0.15) is 0 Å². The topological polar surface area (TPSA) is 71.8 Å². The lowest BCUT2D eigenvalue weighted by Gasteiger charge is -2.14. The van der Waals surface area contributed by atoms with Crippen molar-refractivity contribution in [3.05, 3.63) is 89.0 Å². The van der Waals surface area contributed by atoms with Gasteiger partial charge in [-0.3, -0.25) is 14.5 Å². The van der Waals surface area contributed by atoms with Crippen LogP contribution in [0.3, 0.4) is 0 Å². The number of aryl methyl sites for hydroxylation is 2. The zero-order valence-corrected chi connectivity index (χ0v) is 17.1. The summed E-state index contributed by atoms with van der Waals surface area (Å²) in [5, 5.41) is 3.14. The van der Waals surface area contributed by atoms with Crippen LogP contribution in [-0.4, -0.2) is 23.8 Å². The molecule has 1 N–H and O–H groups in total. The number of amides is 2. The second-order valence-corrected chi connectivity index (χ2v) is 7.15. The van der Waals surface area contributed by atoms with Crippen LogP contribution in [0.15, 0.2) is 71.0 Å². The molecule has 152 valence electrons. The molecule has 1 aliphatic heterocycles. The van der Waals surface area contributed by atoms with Crippen molar-refractivity contribution < 1.29 is 18.7 Å². The molecule has 30 heavy (non-hydrogen) atoms. The summed E-state index contributed by atoms with van der Waals surface area (Å²) in [5.41, 5.74) is 4.01. The molecular formula is C24H22N2O4. The van der Waals surface area contributed by atoms with Crippen molar-refractivity contribution >= 4 is 23.1 Å². The lowest BCUT2D eigenvalue weighted by Crippen LogP contribution is -2.31. The zero-order valence-electron chi connectivity index (χ0n) is 17.1. The number of nitrogens with one attached hydrogen (secondary N) is 1. The van der Waals surface area contributed by atoms with Crippen molar-refractivity contribution in [1.82, 2.24) is 4.90 Å². The predicted octanol–water partition coefficient (Wildman–Crippen LogP) is 4.30. The highest BCUT2D eigenvalue weighted by atomic mass is 16.5. The summed E-state index contributed by atoms with van der Waals surface area (Å²) < 4.78 is 10.7. The van der Waals surface area contributed by atoms with Crippen LogP contribution in [0.25, 0.3) is 5.57 Å². The van der Waals surface area contributed by atoms with Gasteiger partial charge >= 0.3 is 0 Å². The van der Waals surface area contributed by atoms with Gasteiger partial charge in [-0.05, 0) is 54.8 Å². The number of anilines is 1. The van der Waals surface area contributed by atoms with E-state index in [0.29, 0.717) is 28.3 Å². The van der Waals surface area contributed by atoms with Gasteiger partial charge in [0.2, 0.25) is 0 Å². The quantitative estimate of drug-likeness (QED) is 0.623. The molecule has 0 spiro atoms. The van der Waals surface area contributed by atoms with E-state index in [-0.39, 0.29) is 18.1 Å². The van der Waals surface area contributed by atoms with Crippen molar-refractivity contribution in [3.63, 3.8) is 0 Å². The SMILES string of the molecule is COc1ccccc1NC1=C(c2ccc(C)c(C)c2)C(=O)N(Cc2ccco2)C1=O. The first kappa shape index (κ1) is 19.5. The highest BCUT2D eigenvalue weighted by Crippen LogP contribution is 2.34. The zero-order chi connectivity index (χ0) is 21.3. The molecule has 0 saturated heterocycles. The van der Waals surface area contributed by atoms with Gasteiger partial charge in [-0.25, -0.2) is 0 Å². The van der Waals surface area contributed by atoms with Gasteiger partial charge < -0.3 is 14.5 Å². The molecule has 6 heteroatoms. The van der Waals surface area contributed by atoms with E-state index in [2.05, 4.69) is 5.32 Å². The largest absolute Gasteiger partial charge is 0.495 e. The first-order valence-corrected chi connectivity index (χ1v) is 9.60. The number of hydrogen-bond donors (Lipinski definition) is 1. The Morgan fingerprint density at radius 2 is 1.77 bits per heavy atom. The van der Waals surface area contributed by atoms with E-state index in [9.17, 15) is 9.59 Å². The minimum absolute atomic E-state index is 0.0656. The van der Waals surface area contributed by atoms with Crippen LogP contribution in [0.5, 0.6) is 5.75 Å². The van der Waals surface area contributed by atoms with Crippen molar-refractivity contribution in [2.24, 2.45) is 0 Å². The van der Waals surface area contributed by atoms with Gasteiger partial charge in [0, 0.05) is 0 Å². The second kappa shape index (κ2) is 7.91. The summed E-state index contributed by atoms with van der Waals surface area (Å²) in [6.07, 6.45) is 1.52. The summed E-state index contributed by atoms with van der Waals surface area (Å²) >= 11 is 0. The maximum Gasteiger partial charge on any atom is 0.278 e. The maximum absolute atomic E-state index is 13.3. The minimum atomic E-state index is -0.407. The van der Waals surface area contributed by atoms with Crippen molar-refractivity contribution in [2.75, 3.05) is 12.4 Å². The summed E-state index contributed by atoms with van der Waals surface area (Å²) in [5.74, 6) is 0.344. The standard InChI is InChI=1S/C24H22N2O4/c1-15-10-11-17(13-16(15)2)21-22(25-19-8-4-5-9-20(19)29-3)24(28)26(23(21)27)14-18-7-6-12-30-18/h4-13,25H,14H2,1-3H3. The number of rotatable bonds is 6. The normalized spacial score (nSPS) is 13.9. The molecule has 2 amide bonds. The van der Waals surface area contributed by atoms with Gasteiger partial charge in [0.25, 0.3) is 11.8 Å². The van der Waals surface area contributed by atoms with E-state index in [1.807, 2.05) is 44.2 Å². The molecule has 0 atom stereocenters. The Bertz CT molecular complexity index is 1150. The molecule has 1 aliphatic rings. The molecule has 6 nitrogen and oxygen atoms in total. The minimum Gasteiger partial charge on any atom is -0.495 e. The summed E-state index contributed by atoms with van der Waals surface area (Å²) in [7, 11) is 1.56. The third kappa shape index (κ3) is 3.48. The smallest absolute Gasteiger partial charge is 0.278 e.